The van der Waals surface area contributed by atoms with Crippen LogP contribution in [0.2, 0.25) is 0 Å². The largest absolute Gasteiger partial charge is 0.398 e. The Hall–Kier alpha value is -1.82. The standard InChI is InChI=1S/C12H13BrN4O/c1-17-6-5-15-10(17)7-16-12(18)8-3-2-4-9(14)11(8)13/h2-6H,7,14H2,1H3,(H,16,18). The normalized spacial score (nSPS) is 10.3. The number of aromatic nitrogens is 2. The van der Waals surface area contributed by atoms with E-state index < -0.39 is 0 Å². The van der Waals surface area contributed by atoms with Crippen LogP contribution in [0.3, 0.4) is 0 Å². The second kappa shape index (κ2) is 5.22. The van der Waals surface area contributed by atoms with Gasteiger partial charge in [0.25, 0.3) is 5.91 Å². The quantitative estimate of drug-likeness (QED) is 0.848. The Bertz CT molecular complexity index is 579. The molecule has 3 N–H and O–H groups in total. The number of hydrogen-bond acceptors (Lipinski definition) is 3. The molecule has 0 aliphatic rings. The van der Waals surface area contributed by atoms with Crippen LogP contribution in [0.15, 0.2) is 35.1 Å². The van der Waals surface area contributed by atoms with Gasteiger partial charge >= 0.3 is 0 Å². The zero-order valence-electron chi connectivity index (χ0n) is 9.85. The number of nitrogens with two attached hydrogens (primary N) is 1. The monoisotopic (exact) mass is 308 g/mol. The molecule has 2 rings (SSSR count). The number of hydrogen-bond donors (Lipinski definition) is 2. The summed E-state index contributed by atoms with van der Waals surface area (Å²) in [5.41, 5.74) is 6.79. The lowest BCUT2D eigenvalue weighted by Crippen LogP contribution is -2.24. The predicted octanol–water partition coefficient (Wildman–Crippen LogP) is 1.69. The first-order valence-electron chi connectivity index (χ1n) is 5.38. The van der Waals surface area contributed by atoms with Gasteiger partial charge in [-0.25, -0.2) is 4.98 Å². The summed E-state index contributed by atoms with van der Waals surface area (Å²) >= 11 is 3.31. The first kappa shape index (κ1) is 12.6. The van der Waals surface area contributed by atoms with Gasteiger partial charge in [-0.2, -0.15) is 0 Å². The maximum Gasteiger partial charge on any atom is 0.252 e. The minimum Gasteiger partial charge on any atom is -0.398 e. The highest BCUT2D eigenvalue weighted by Crippen LogP contribution is 2.23. The van der Waals surface area contributed by atoms with E-state index in [1.165, 1.54) is 0 Å². The molecule has 0 fully saturated rings. The number of rotatable bonds is 3. The molecule has 0 bridgehead atoms. The van der Waals surface area contributed by atoms with Crippen molar-refractivity contribution >= 4 is 27.5 Å². The molecule has 1 aromatic heterocycles. The van der Waals surface area contributed by atoms with Gasteiger partial charge in [0.1, 0.15) is 5.82 Å². The fraction of sp³-hybridized carbons (Fsp3) is 0.167. The zero-order chi connectivity index (χ0) is 13.1. The Balaban J connectivity index is 2.09. The summed E-state index contributed by atoms with van der Waals surface area (Å²) in [6.07, 6.45) is 3.52. The molecule has 94 valence electrons. The molecule has 1 amide bonds. The van der Waals surface area contributed by atoms with Crippen LogP contribution in [0.25, 0.3) is 0 Å². The van der Waals surface area contributed by atoms with Crippen molar-refractivity contribution in [1.29, 1.82) is 0 Å². The van der Waals surface area contributed by atoms with Gasteiger partial charge in [0, 0.05) is 25.1 Å². The lowest BCUT2D eigenvalue weighted by molar-refractivity contribution is 0.0949. The SMILES string of the molecule is Cn1ccnc1CNC(=O)c1cccc(N)c1Br. The number of nitrogen functional groups attached to an aromatic ring is 1. The van der Waals surface area contributed by atoms with E-state index in [4.69, 9.17) is 5.73 Å². The Morgan fingerprint density at radius 1 is 1.56 bits per heavy atom. The molecule has 0 aliphatic carbocycles. The highest BCUT2D eigenvalue weighted by molar-refractivity contribution is 9.10. The summed E-state index contributed by atoms with van der Waals surface area (Å²) in [7, 11) is 1.88. The molecular weight excluding hydrogens is 296 g/mol. The van der Waals surface area contributed by atoms with Crippen LogP contribution in [0.5, 0.6) is 0 Å². The molecule has 0 saturated heterocycles. The third kappa shape index (κ3) is 2.53. The number of carbonyl (C=O) groups excluding carboxylic acids is 1. The molecule has 5 nitrogen and oxygen atoms in total. The van der Waals surface area contributed by atoms with E-state index in [0.29, 0.717) is 22.3 Å². The summed E-state index contributed by atoms with van der Waals surface area (Å²) in [6.45, 7) is 0.379. The van der Waals surface area contributed by atoms with Crippen LogP contribution in [0, 0.1) is 0 Å². The number of aryl methyl sites for hydroxylation is 1. The van der Waals surface area contributed by atoms with Crippen molar-refractivity contribution < 1.29 is 4.79 Å². The van der Waals surface area contributed by atoms with E-state index in [1.807, 2.05) is 17.8 Å². The highest BCUT2D eigenvalue weighted by Gasteiger charge is 2.12. The molecule has 2 aromatic rings. The molecule has 0 aliphatic heterocycles. The molecular formula is C12H13BrN4O. The Kier molecular flexibility index (Phi) is 3.66. The molecule has 0 saturated carbocycles. The maximum atomic E-state index is 12.0. The fourth-order valence-electron chi connectivity index (χ4n) is 1.55. The minimum absolute atomic E-state index is 0.183. The van der Waals surface area contributed by atoms with Crippen molar-refractivity contribution in [3.05, 3.63) is 46.5 Å². The maximum absolute atomic E-state index is 12.0. The number of anilines is 1. The molecule has 0 radical (unpaired) electrons. The lowest BCUT2D eigenvalue weighted by atomic mass is 10.2. The number of imidazole rings is 1. The first-order valence-corrected chi connectivity index (χ1v) is 6.17. The summed E-state index contributed by atoms with van der Waals surface area (Å²) < 4.78 is 2.47. The number of carbonyl (C=O) groups is 1. The van der Waals surface area contributed by atoms with Crippen LogP contribution >= 0.6 is 15.9 Å². The number of nitrogens with zero attached hydrogens (tertiary/aromatic N) is 2. The van der Waals surface area contributed by atoms with Crippen LogP contribution < -0.4 is 11.1 Å². The van der Waals surface area contributed by atoms with Crippen molar-refractivity contribution in [3.63, 3.8) is 0 Å². The van der Waals surface area contributed by atoms with Crippen molar-refractivity contribution in [2.75, 3.05) is 5.73 Å². The third-order valence-electron chi connectivity index (χ3n) is 2.60. The van der Waals surface area contributed by atoms with E-state index in [-0.39, 0.29) is 5.91 Å². The van der Waals surface area contributed by atoms with Gasteiger partial charge in [-0.1, -0.05) is 6.07 Å². The van der Waals surface area contributed by atoms with E-state index >= 15 is 0 Å². The minimum atomic E-state index is -0.183. The number of amides is 1. The number of benzene rings is 1. The van der Waals surface area contributed by atoms with Gasteiger partial charge in [-0.3, -0.25) is 4.79 Å². The van der Waals surface area contributed by atoms with Gasteiger partial charge in [0.15, 0.2) is 0 Å². The van der Waals surface area contributed by atoms with E-state index in [1.54, 1.807) is 24.4 Å². The van der Waals surface area contributed by atoms with Crippen LogP contribution in [-0.2, 0) is 13.6 Å². The molecule has 18 heavy (non-hydrogen) atoms. The smallest absolute Gasteiger partial charge is 0.252 e. The van der Waals surface area contributed by atoms with Gasteiger partial charge in [-0.05, 0) is 28.1 Å². The number of halogens is 1. The second-order valence-electron chi connectivity index (χ2n) is 3.85. The average Bonchev–Trinajstić information content (AvgIpc) is 2.75. The van der Waals surface area contributed by atoms with Gasteiger partial charge in [0.05, 0.1) is 16.6 Å². The highest BCUT2D eigenvalue weighted by atomic mass is 79.9. The zero-order valence-corrected chi connectivity index (χ0v) is 11.4. The molecule has 0 spiro atoms. The second-order valence-corrected chi connectivity index (χ2v) is 4.64. The van der Waals surface area contributed by atoms with Crippen LogP contribution in [0.4, 0.5) is 5.69 Å². The number of nitrogens with one attached hydrogen (secondary N) is 1. The molecule has 0 unspecified atom stereocenters. The third-order valence-corrected chi connectivity index (χ3v) is 3.49. The summed E-state index contributed by atoms with van der Waals surface area (Å²) in [4.78, 5) is 16.1. The van der Waals surface area contributed by atoms with Gasteiger partial charge in [0.2, 0.25) is 0 Å². The molecule has 6 heteroatoms. The fourth-order valence-corrected chi connectivity index (χ4v) is 1.99. The Morgan fingerprint density at radius 3 is 3.00 bits per heavy atom. The summed E-state index contributed by atoms with van der Waals surface area (Å²) in [5, 5.41) is 2.80. The Morgan fingerprint density at radius 2 is 2.33 bits per heavy atom. The lowest BCUT2D eigenvalue weighted by Gasteiger charge is -2.08. The molecule has 0 atom stereocenters. The average molecular weight is 309 g/mol. The molecule has 1 heterocycles. The van der Waals surface area contributed by atoms with E-state index in [2.05, 4.69) is 26.2 Å². The Labute approximate surface area is 113 Å². The van der Waals surface area contributed by atoms with Crippen molar-refractivity contribution in [3.8, 4) is 0 Å². The van der Waals surface area contributed by atoms with E-state index in [0.717, 1.165) is 5.82 Å². The van der Waals surface area contributed by atoms with Crippen molar-refractivity contribution in [2.24, 2.45) is 7.05 Å². The van der Waals surface area contributed by atoms with Crippen LogP contribution in [-0.4, -0.2) is 15.5 Å². The topological polar surface area (TPSA) is 72.9 Å². The first-order chi connectivity index (χ1) is 8.59. The van der Waals surface area contributed by atoms with Crippen molar-refractivity contribution in [2.45, 2.75) is 6.54 Å². The van der Waals surface area contributed by atoms with Gasteiger partial charge < -0.3 is 15.6 Å². The van der Waals surface area contributed by atoms with E-state index in [9.17, 15) is 4.79 Å². The summed E-state index contributed by atoms with van der Waals surface area (Å²) in [5.74, 6) is 0.612. The molecule has 1 aromatic carbocycles. The van der Waals surface area contributed by atoms with Crippen LogP contribution in [0.1, 0.15) is 16.2 Å². The van der Waals surface area contributed by atoms with Crippen molar-refractivity contribution in [1.82, 2.24) is 14.9 Å². The van der Waals surface area contributed by atoms with Gasteiger partial charge in [-0.15, -0.1) is 0 Å². The summed E-state index contributed by atoms with van der Waals surface area (Å²) in [6, 6.07) is 5.20. The predicted molar refractivity (Wildman–Crippen MR) is 72.9 cm³/mol.